The first kappa shape index (κ1) is 14.5. The summed E-state index contributed by atoms with van der Waals surface area (Å²) in [6, 6.07) is 8.68. The minimum absolute atomic E-state index is 0.423. The van der Waals surface area contributed by atoms with E-state index in [4.69, 9.17) is 9.72 Å². The van der Waals surface area contributed by atoms with Crippen molar-refractivity contribution in [3.8, 4) is 5.75 Å². The number of aryl methyl sites for hydroxylation is 2. The molecule has 0 bridgehead atoms. The second kappa shape index (κ2) is 5.85. The molecule has 0 N–H and O–H groups in total. The molecule has 120 valence electrons. The molecule has 2 aliphatic heterocycles. The third kappa shape index (κ3) is 2.79. The van der Waals surface area contributed by atoms with Gasteiger partial charge in [0.15, 0.2) is 0 Å². The molecule has 3 heterocycles. The monoisotopic (exact) mass is 309 g/mol. The van der Waals surface area contributed by atoms with Crippen molar-refractivity contribution in [3.63, 3.8) is 0 Å². The second-order valence-corrected chi connectivity index (χ2v) is 6.61. The molecule has 1 atom stereocenters. The Morgan fingerprint density at radius 1 is 1.30 bits per heavy atom. The van der Waals surface area contributed by atoms with Crippen molar-refractivity contribution in [2.75, 3.05) is 19.7 Å². The van der Waals surface area contributed by atoms with E-state index in [0.29, 0.717) is 12.6 Å². The van der Waals surface area contributed by atoms with Gasteiger partial charge in [-0.3, -0.25) is 4.90 Å². The number of fused-ring (bicyclic) bond motifs is 1. The van der Waals surface area contributed by atoms with Gasteiger partial charge < -0.3 is 9.30 Å². The largest absolute Gasteiger partial charge is 0.489 e. The van der Waals surface area contributed by atoms with Crippen LogP contribution in [0.4, 0.5) is 0 Å². The van der Waals surface area contributed by atoms with Crippen LogP contribution in [-0.4, -0.2) is 34.1 Å². The predicted octanol–water partition coefficient (Wildman–Crippen LogP) is 3.34. The van der Waals surface area contributed by atoms with Crippen LogP contribution in [0.5, 0.6) is 5.75 Å². The minimum atomic E-state index is 0.423. The lowest BCUT2D eigenvalue weighted by Gasteiger charge is -2.27. The van der Waals surface area contributed by atoms with Crippen molar-refractivity contribution in [2.45, 2.75) is 25.8 Å². The Morgan fingerprint density at radius 2 is 2.17 bits per heavy atom. The van der Waals surface area contributed by atoms with Crippen molar-refractivity contribution in [1.82, 2.24) is 14.5 Å². The summed E-state index contributed by atoms with van der Waals surface area (Å²) in [4.78, 5) is 7.29. The summed E-state index contributed by atoms with van der Waals surface area (Å²) < 4.78 is 8.08. The summed E-state index contributed by atoms with van der Waals surface area (Å²) in [5.74, 6) is 2.19. The van der Waals surface area contributed by atoms with Gasteiger partial charge in [0.25, 0.3) is 0 Å². The van der Waals surface area contributed by atoms with Crippen LogP contribution in [0.15, 0.2) is 36.0 Å². The molecule has 4 heteroatoms. The highest BCUT2D eigenvalue weighted by atomic mass is 16.5. The van der Waals surface area contributed by atoms with Gasteiger partial charge in [0, 0.05) is 25.4 Å². The molecule has 2 aliphatic rings. The Kier molecular flexibility index (Phi) is 3.69. The van der Waals surface area contributed by atoms with E-state index in [1.165, 1.54) is 29.8 Å². The smallest absolute Gasteiger partial charge is 0.127 e. The van der Waals surface area contributed by atoms with Crippen LogP contribution in [0.2, 0.25) is 0 Å². The number of para-hydroxylation sites is 1. The number of benzene rings is 1. The fourth-order valence-corrected chi connectivity index (χ4v) is 3.77. The molecule has 4 nitrogen and oxygen atoms in total. The fourth-order valence-electron chi connectivity index (χ4n) is 3.77. The van der Waals surface area contributed by atoms with Crippen molar-refractivity contribution < 1.29 is 4.74 Å². The zero-order chi connectivity index (χ0) is 15.8. The van der Waals surface area contributed by atoms with Gasteiger partial charge in [-0.2, -0.15) is 0 Å². The second-order valence-electron chi connectivity index (χ2n) is 6.61. The maximum atomic E-state index is 5.90. The third-order valence-electron chi connectivity index (χ3n) is 4.79. The van der Waals surface area contributed by atoms with Crippen molar-refractivity contribution in [2.24, 2.45) is 7.05 Å². The van der Waals surface area contributed by atoms with Gasteiger partial charge in [-0.15, -0.1) is 0 Å². The molecule has 1 aromatic heterocycles. The number of imidazole rings is 1. The van der Waals surface area contributed by atoms with Gasteiger partial charge in [0.05, 0.1) is 11.7 Å². The molecule has 1 unspecified atom stereocenters. The number of aromatic nitrogens is 2. The molecule has 2 aromatic rings. The van der Waals surface area contributed by atoms with Crippen LogP contribution < -0.4 is 4.74 Å². The number of hydrogen-bond donors (Lipinski definition) is 0. The average Bonchev–Trinajstić information content (AvgIpc) is 3.13. The summed E-state index contributed by atoms with van der Waals surface area (Å²) in [7, 11) is 2.10. The van der Waals surface area contributed by atoms with Gasteiger partial charge in [-0.25, -0.2) is 4.98 Å². The lowest BCUT2D eigenvalue weighted by molar-refractivity contribution is 0.249. The van der Waals surface area contributed by atoms with E-state index in [0.717, 1.165) is 24.5 Å². The molecule has 0 saturated carbocycles. The zero-order valence-corrected chi connectivity index (χ0v) is 13.8. The minimum Gasteiger partial charge on any atom is -0.489 e. The molecule has 0 aliphatic carbocycles. The van der Waals surface area contributed by atoms with Crippen LogP contribution in [0.25, 0.3) is 6.08 Å². The molecular formula is C19H23N3O. The average molecular weight is 309 g/mol. The zero-order valence-electron chi connectivity index (χ0n) is 13.8. The predicted molar refractivity (Wildman–Crippen MR) is 91.4 cm³/mol. The summed E-state index contributed by atoms with van der Waals surface area (Å²) in [5, 5.41) is 0. The maximum absolute atomic E-state index is 5.90. The summed E-state index contributed by atoms with van der Waals surface area (Å²) in [6.45, 7) is 4.86. The molecule has 0 amide bonds. The molecule has 0 spiro atoms. The van der Waals surface area contributed by atoms with E-state index in [1.54, 1.807) is 0 Å². The van der Waals surface area contributed by atoms with Crippen LogP contribution >= 0.6 is 0 Å². The van der Waals surface area contributed by atoms with E-state index in [2.05, 4.69) is 47.8 Å². The molecule has 1 aromatic carbocycles. The SMILES string of the molecule is Cc1cn(C)c(C2CCCN2CC2=Cc3ccccc3OC2)n1. The van der Waals surface area contributed by atoms with Gasteiger partial charge >= 0.3 is 0 Å². The van der Waals surface area contributed by atoms with Crippen molar-refractivity contribution in [3.05, 3.63) is 53.1 Å². The highest BCUT2D eigenvalue weighted by molar-refractivity contribution is 5.62. The first-order chi connectivity index (χ1) is 11.2. The van der Waals surface area contributed by atoms with Crippen molar-refractivity contribution in [1.29, 1.82) is 0 Å². The topological polar surface area (TPSA) is 30.3 Å². The lowest BCUT2D eigenvalue weighted by atomic mass is 10.1. The van der Waals surface area contributed by atoms with Crippen molar-refractivity contribution >= 4 is 6.08 Å². The van der Waals surface area contributed by atoms with Gasteiger partial charge in [0.2, 0.25) is 0 Å². The van der Waals surface area contributed by atoms with Gasteiger partial charge in [0.1, 0.15) is 18.2 Å². The first-order valence-electron chi connectivity index (χ1n) is 8.36. The summed E-state index contributed by atoms with van der Waals surface area (Å²) in [5.41, 5.74) is 3.64. The Balaban J connectivity index is 1.55. The molecule has 1 fully saturated rings. The lowest BCUT2D eigenvalue weighted by Crippen LogP contribution is -2.29. The number of ether oxygens (including phenoxy) is 1. The van der Waals surface area contributed by atoms with Crippen LogP contribution in [0.3, 0.4) is 0 Å². The maximum Gasteiger partial charge on any atom is 0.127 e. The molecule has 1 saturated heterocycles. The summed E-state index contributed by atoms with van der Waals surface area (Å²) >= 11 is 0. The van der Waals surface area contributed by atoms with E-state index >= 15 is 0 Å². The van der Waals surface area contributed by atoms with E-state index < -0.39 is 0 Å². The standard InChI is InChI=1S/C19H23N3O/c1-14-11-21(2)19(20-14)17-7-5-9-22(17)12-15-10-16-6-3-4-8-18(16)23-13-15/h3-4,6,8,10-11,17H,5,7,9,12-13H2,1-2H3. The number of rotatable bonds is 3. The number of likely N-dealkylation sites (tertiary alicyclic amines) is 1. The Morgan fingerprint density at radius 3 is 3.00 bits per heavy atom. The van der Waals surface area contributed by atoms with Crippen LogP contribution in [0.1, 0.15) is 36.0 Å². The fraction of sp³-hybridized carbons (Fsp3) is 0.421. The highest BCUT2D eigenvalue weighted by Gasteiger charge is 2.30. The summed E-state index contributed by atoms with van der Waals surface area (Å²) in [6.07, 6.45) is 6.83. The molecule has 4 rings (SSSR count). The Hall–Kier alpha value is -2.07. The molecule has 23 heavy (non-hydrogen) atoms. The van der Waals surface area contributed by atoms with Gasteiger partial charge in [-0.05, 0) is 44.0 Å². The Labute approximate surface area is 137 Å². The normalized spacial score (nSPS) is 21.0. The van der Waals surface area contributed by atoms with E-state index in [1.807, 2.05) is 12.1 Å². The molecule has 0 radical (unpaired) electrons. The van der Waals surface area contributed by atoms with Crippen LogP contribution in [0, 0.1) is 6.92 Å². The molecular weight excluding hydrogens is 286 g/mol. The van der Waals surface area contributed by atoms with Gasteiger partial charge in [-0.1, -0.05) is 18.2 Å². The quantitative estimate of drug-likeness (QED) is 0.871. The highest BCUT2D eigenvalue weighted by Crippen LogP contribution is 2.33. The van der Waals surface area contributed by atoms with Crippen LogP contribution in [-0.2, 0) is 7.05 Å². The third-order valence-corrected chi connectivity index (χ3v) is 4.79. The Bertz CT molecular complexity index is 747. The van der Waals surface area contributed by atoms with E-state index in [9.17, 15) is 0 Å². The number of hydrogen-bond acceptors (Lipinski definition) is 3. The number of nitrogens with zero attached hydrogens (tertiary/aromatic N) is 3. The first-order valence-corrected chi connectivity index (χ1v) is 8.36. The van der Waals surface area contributed by atoms with E-state index in [-0.39, 0.29) is 0 Å².